The van der Waals surface area contributed by atoms with E-state index in [9.17, 15) is 9.59 Å². The fraction of sp³-hybridized carbons (Fsp3) is 0. The highest BCUT2D eigenvalue weighted by molar-refractivity contribution is 8.18. The molecule has 1 N–H and O–H groups in total. The second kappa shape index (κ2) is 4.49. The van der Waals surface area contributed by atoms with E-state index in [0.717, 1.165) is 11.8 Å². The van der Waals surface area contributed by atoms with Crippen molar-refractivity contribution >= 4 is 52.2 Å². The maximum Gasteiger partial charge on any atom is 0.290 e. The van der Waals surface area contributed by atoms with Crippen LogP contribution in [0, 0.1) is 0 Å². The predicted molar refractivity (Wildman–Crippen MR) is 65.6 cm³/mol. The molecule has 16 heavy (non-hydrogen) atoms. The molecule has 6 heteroatoms. The summed E-state index contributed by atoms with van der Waals surface area (Å²) in [6.45, 7) is 0. The fourth-order valence-corrected chi connectivity index (χ4v) is 2.32. The van der Waals surface area contributed by atoms with Gasteiger partial charge in [0.1, 0.15) is 0 Å². The zero-order valence-corrected chi connectivity index (χ0v) is 10.1. The van der Waals surface area contributed by atoms with Gasteiger partial charge in [0.15, 0.2) is 0 Å². The van der Waals surface area contributed by atoms with Crippen LogP contribution in [0.3, 0.4) is 0 Å². The van der Waals surface area contributed by atoms with E-state index in [-0.39, 0.29) is 5.24 Å². The van der Waals surface area contributed by atoms with E-state index in [1.807, 2.05) is 0 Å². The Morgan fingerprint density at radius 2 is 2.00 bits per heavy atom. The molecule has 0 aliphatic carbocycles. The average Bonchev–Trinajstić information content (AvgIpc) is 2.50. The quantitative estimate of drug-likeness (QED) is 0.799. The van der Waals surface area contributed by atoms with Crippen molar-refractivity contribution in [1.29, 1.82) is 0 Å². The molecular formula is C10H5Cl2NO2S. The van der Waals surface area contributed by atoms with Gasteiger partial charge in [0.05, 0.1) is 4.91 Å². The molecule has 1 heterocycles. The van der Waals surface area contributed by atoms with Crippen molar-refractivity contribution in [3.63, 3.8) is 0 Å². The minimum absolute atomic E-state index is 0.328. The maximum absolute atomic E-state index is 11.3. The molecule has 82 valence electrons. The summed E-state index contributed by atoms with van der Waals surface area (Å²) in [5.74, 6) is -0.402. The predicted octanol–water partition coefficient (Wildman–Crippen LogP) is 3.32. The Hall–Kier alpha value is -0.970. The molecule has 2 rings (SSSR count). The summed E-state index contributed by atoms with van der Waals surface area (Å²) in [6.07, 6.45) is 1.56. The number of hydrogen-bond acceptors (Lipinski definition) is 3. The summed E-state index contributed by atoms with van der Waals surface area (Å²) in [5.41, 5.74) is 0.651. The second-order valence-electron chi connectivity index (χ2n) is 3.02. The summed E-state index contributed by atoms with van der Waals surface area (Å²) in [4.78, 5) is 22.5. The molecule has 1 fully saturated rings. The van der Waals surface area contributed by atoms with Gasteiger partial charge in [-0.3, -0.25) is 14.9 Å². The number of nitrogens with one attached hydrogen (secondary N) is 1. The van der Waals surface area contributed by atoms with Gasteiger partial charge in [0.25, 0.3) is 11.1 Å². The number of thioether (sulfide) groups is 1. The highest BCUT2D eigenvalue weighted by atomic mass is 35.5. The zero-order chi connectivity index (χ0) is 11.7. The van der Waals surface area contributed by atoms with Crippen molar-refractivity contribution in [3.05, 3.63) is 38.7 Å². The van der Waals surface area contributed by atoms with Crippen molar-refractivity contribution in [2.24, 2.45) is 0 Å². The number of benzene rings is 1. The van der Waals surface area contributed by atoms with Gasteiger partial charge in [-0.05, 0) is 35.5 Å². The molecular weight excluding hydrogens is 269 g/mol. The van der Waals surface area contributed by atoms with E-state index in [1.54, 1.807) is 24.3 Å². The minimum atomic E-state index is -0.402. The van der Waals surface area contributed by atoms with Gasteiger partial charge in [0, 0.05) is 10.0 Å². The normalized spacial score (nSPS) is 18.0. The van der Waals surface area contributed by atoms with Crippen LogP contribution in [-0.2, 0) is 4.79 Å². The second-order valence-corrected chi connectivity index (χ2v) is 4.88. The lowest BCUT2D eigenvalue weighted by molar-refractivity contribution is -0.115. The molecule has 1 aliphatic rings. The number of amides is 2. The molecule has 1 aromatic rings. The Labute approximate surface area is 106 Å². The Kier molecular flexibility index (Phi) is 3.23. The van der Waals surface area contributed by atoms with E-state index in [4.69, 9.17) is 23.2 Å². The van der Waals surface area contributed by atoms with E-state index in [0.29, 0.717) is 20.5 Å². The van der Waals surface area contributed by atoms with Gasteiger partial charge in [-0.25, -0.2) is 0 Å². The minimum Gasteiger partial charge on any atom is -0.282 e. The van der Waals surface area contributed by atoms with Crippen molar-refractivity contribution in [1.82, 2.24) is 5.32 Å². The molecule has 1 aromatic carbocycles. The third-order valence-corrected chi connectivity index (χ3v) is 3.26. The van der Waals surface area contributed by atoms with Crippen LogP contribution in [0.25, 0.3) is 6.08 Å². The average molecular weight is 274 g/mol. The SMILES string of the molecule is O=C1NC(=O)C(=Cc2ccc(Cl)cc2Cl)S1. The van der Waals surface area contributed by atoms with Gasteiger partial charge < -0.3 is 0 Å². The highest BCUT2D eigenvalue weighted by Gasteiger charge is 2.25. The summed E-state index contributed by atoms with van der Waals surface area (Å²) in [6, 6.07) is 4.93. The molecule has 2 amide bonds. The van der Waals surface area contributed by atoms with Crippen molar-refractivity contribution in [3.8, 4) is 0 Å². The summed E-state index contributed by atoms with van der Waals surface area (Å²) < 4.78 is 0. The first-order chi connectivity index (χ1) is 7.56. The largest absolute Gasteiger partial charge is 0.290 e. The smallest absolute Gasteiger partial charge is 0.282 e. The van der Waals surface area contributed by atoms with Crippen LogP contribution in [0.15, 0.2) is 23.1 Å². The van der Waals surface area contributed by atoms with Crippen molar-refractivity contribution in [2.45, 2.75) is 0 Å². The van der Waals surface area contributed by atoms with Crippen molar-refractivity contribution in [2.75, 3.05) is 0 Å². The first-order valence-corrected chi connectivity index (χ1v) is 5.83. The topological polar surface area (TPSA) is 46.2 Å². The van der Waals surface area contributed by atoms with E-state index in [2.05, 4.69) is 5.32 Å². The van der Waals surface area contributed by atoms with E-state index < -0.39 is 5.91 Å². The number of rotatable bonds is 1. The van der Waals surface area contributed by atoms with Crippen LogP contribution in [0.2, 0.25) is 10.0 Å². The lowest BCUT2D eigenvalue weighted by atomic mass is 10.2. The molecule has 0 radical (unpaired) electrons. The van der Waals surface area contributed by atoms with Gasteiger partial charge >= 0.3 is 0 Å². The number of carbonyl (C=O) groups excluding carboxylic acids is 2. The van der Waals surface area contributed by atoms with Crippen LogP contribution in [0.5, 0.6) is 0 Å². The molecule has 0 unspecified atom stereocenters. The molecule has 0 saturated carbocycles. The third kappa shape index (κ3) is 2.40. The fourth-order valence-electron chi connectivity index (χ4n) is 1.18. The van der Waals surface area contributed by atoms with Gasteiger partial charge in [-0.2, -0.15) is 0 Å². The van der Waals surface area contributed by atoms with E-state index in [1.165, 1.54) is 0 Å². The lowest BCUT2D eigenvalue weighted by Crippen LogP contribution is -2.17. The number of imide groups is 1. The van der Waals surface area contributed by atoms with Gasteiger partial charge in [0.2, 0.25) is 0 Å². The van der Waals surface area contributed by atoms with Crippen LogP contribution in [0.4, 0.5) is 4.79 Å². The molecule has 1 aliphatic heterocycles. The number of halogens is 2. The van der Waals surface area contributed by atoms with Crippen molar-refractivity contribution < 1.29 is 9.59 Å². The van der Waals surface area contributed by atoms with Gasteiger partial charge in [-0.15, -0.1) is 0 Å². The Morgan fingerprint density at radius 3 is 2.56 bits per heavy atom. The van der Waals surface area contributed by atoms with Crippen LogP contribution in [-0.4, -0.2) is 11.1 Å². The molecule has 0 atom stereocenters. The van der Waals surface area contributed by atoms with Crippen LogP contribution < -0.4 is 5.32 Å². The first-order valence-electron chi connectivity index (χ1n) is 4.26. The Morgan fingerprint density at radius 1 is 1.25 bits per heavy atom. The summed E-state index contributed by atoms with van der Waals surface area (Å²) >= 11 is 12.5. The maximum atomic E-state index is 11.3. The van der Waals surface area contributed by atoms with Gasteiger partial charge in [-0.1, -0.05) is 29.3 Å². The molecule has 0 spiro atoms. The van der Waals surface area contributed by atoms with E-state index >= 15 is 0 Å². The Balaban J connectivity index is 2.36. The zero-order valence-electron chi connectivity index (χ0n) is 7.79. The van der Waals surface area contributed by atoms with Crippen LogP contribution >= 0.6 is 35.0 Å². The molecule has 0 bridgehead atoms. The highest BCUT2D eigenvalue weighted by Crippen LogP contribution is 2.29. The molecule has 3 nitrogen and oxygen atoms in total. The monoisotopic (exact) mass is 273 g/mol. The standard InChI is InChI=1S/C10H5Cl2NO2S/c11-6-2-1-5(7(12)4-6)3-8-9(14)13-10(15)16-8/h1-4H,(H,13,14,15). The first kappa shape index (κ1) is 11.5. The molecule has 1 saturated heterocycles. The number of carbonyl (C=O) groups is 2. The van der Waals surface area contributed by atoms with Crippen LogP contribution in [0.1, 0.15) is 5.56 Å². The lowest BCUT2D eigenvalue weighted by Gasteiger charge is -1.99. The summed E-state index contributed by atoms with van der Waals surface area (Å²) in [7, 11) is 0. The summed E-state index contributed by atoms with van der Waals surface area (Å²) in [5, 5.41) is 2.75. The Bertz CT molecular complexity index is 514. The molecule has 0 aromatic heterocycles. The third-order valence-electron chi connectivity index (χ3n) is 1.89. The number of hydrogen-bond donors (Lipinski definition) is 1.